The largest absolute Gasteiger partial charge is 0.384 e. The van der Waals surface area contributed by atoms with Crippen LogP contribution in [-0.2, 0) is 16.4 Å². The number of carbonyl (C=O) groups excluding carboxylic acids is 1. The molecule has 3 aromatic rings. The van der Waals surface area contributed by atoms with E-state index in [9.17, 15) is 13.2 Å². The summed E-state index contributed by atoms with van der Waals surface area (Å²) in [6.45, 7) is -2.20. The third-order valence-corrected chi connectivity index (χ3v) is 7.27. The maximum atomic E-state index is 13.4. The van der Waals surface area contributed by atoms with Crippen molar-refractivity contribution in [3.8, 4) is 11.3 Å². The van der Waals surface area contributed by atoms with Crippen LogP contribution in [0.4, 0.5) is 11.6 Å². The lowest BCUT2D eigenvalue weighted by molar-refractivity contribution is 0.0981. The fourth-order valence-electron chi connectivity index (χ4n) is 4.27. The lowest BCUT2D eigenvalue weighted by Crippen LogP contribution is -2.37. The van der Waals surface area contributed by atoms with Crippen LogP contribution in [0.25, 0.3) is 11.3 Å². The molecule has 0 radical (unpaired) electrons. The molecule has 200 valence electrons. The van der Waals surface area contributed by atoms with E-state index in [0.29, 0.717) is 11.3 Å². The second kappa shape index (κ2) is 10.2. The van der Waals surface area contributed by atoms with Crippen molar-refractivity contribution in [2.24, 2.45) is 5.89 Å². The lowest BCUT2D eigenvalue weighted by Gasteiger charge is -2.29. The third-order valence-electron chi connectivity index (χ3n) is 6.04. The van der Waals surface area contributed by atoms with E-state index in [4.69, 9.17) is 20.3 Å². The zero-order valence-electron chi connectivity index (χ0n) is 26.9. The number of amides is 1. The monoisotopic (exact) mass is 525 g/mol. The summed E-state index contributed by atoms with van der Waals surface area (Å²) >= 11 is 0. The van der Waals surface area contributed by atoms with Gasteiger partial charge in [0.05, 0.1) is 11.3 Å². The van der Waals surface area contributed by atoms with Crippen molar-refractivity contribution in [2.75, 3.05) is 10.6 Å². The highest BCUT2D eigenvalue weighted by Gasteiger charge is 2.33. The first-order valence-electron chi connectivity index (χ1n) is 14.9. The normalized spacial score (nSPS) is 21.8. The van der Waals surface area contributed by atoms with Gasteiger partial charge in [0.2, 0.25) is 0 Å². The summed E-state index contributed by atoms with van der Waals surface area (Å²) in [6.07, 6.45) is 2.42. The average molecular weight is 526 g/mol. The number of hydrogen-bond acceptors (Lipinski definition) is 8. The van der Waals surface area contributed by atoms with E-state index in [0.717, 1.165) is 12.8 Å². The molecule has 0 bridgehead atoms. The highest BCUT2D eigenvalue weighted by atomic mass is 32.2. The Morgan fingerprint density at radius 1 is 1.19 bits per heavy atom. The van der Waals surface area contributed by atoms with E-state index in [1.54, 1.807) is 6.07 Å². The molecule has 1 aliphatic heterocycles. The van der Waals surface area contributed by atoms with Gasteiger partial charge in [0, 0.05) is 46.3 Å². The topological polar surface area (TPSA) is 131 Å². The highest BCUT2D eigenvalue weighted by molar-refractivity contribution is 7.90. The van der Waals surface area contributed by atoms with Crippen molar-refractivity contribution in [2.45, 2.75) is 63.9 Å². The van der Waals surface area contributed by atoms with Crippen LogP contribution in [0.15, 0.2) is 53.7 Å². The van der Waals surface area contributed by atoms with Crippen LogP contribution in [0.3, 0.4) is 0 Å². The van der Waals surface area contributed by atoms with Gasteiger partial charge < -0.3 is 10.6 Å². The van der Waals surface area contributed by atoms with Crippen LogP contribution < -0.4 is 15.4 Å². The maximum Gasteiger partial charge on any atom is 0.281 e. The minimum absolute atomic E-state index is 0. The molecule has 0 aromatic carbocycles. The first kappa shape index (κ1) is 17.8. The minimum atomic E-state index is -4.34. The predicted molar refractivity (Wildman–Crippen MR) is 151 cm³/mol. The molecule has 3 aromatic heterocycles. The molecule has 0 unspecified atom stereocenters. The van der Waals surface area contributed by atoms with Gasteiger partial charge in [-0.25, -0.2) is 14.7 Å². The molecule has 3 N–H and O–H groups in total. The minimum Gasteiger partial charge on any atom is -0.384 e. The Labute approximate surface area is 229 Å². The number of nitrogen functional groups attached to an aromatic ring is 1. The van der Waals surface area contributed by atoms with Gasteiger partial charge in [-0.05, 0) is 75.4 Å². The quantitative estimate of drug-likeness (QED) is 0.438. The number of aromatic nitrogens is 3. The Kier molecular flexibility index (Phi) is 5.06. The average Bonchev–Trinajstić information content (AvgIpc) is 3.24. The fraction of sp³-hybridized carbons (Fsp3) is 0.385. The summed E-state index contributed by atoms with van der Waals surface area (Å²) in [7, 11) is -4.34. The molecule has 1 saturated heterocycles. The van der Waals surface area contributed by atoms with Crippen LogP contribution in [0.5, 0.6) is 0 Å². The van der Waals surface area contributed by atoms with Gasteiger partial charge in [-0.3, -0.25) is 9.78 Å². The molecule has 36 heavy (non-hydrogen) atoms. The van der Waals surface area contributed by atoms with E-state index in [-0.39, 0.29) is 42.1 Å². The van der Waals surface area contributed by atoms with E-state index in [1.165, 1.54) is 42.6 Å². The molecule has 1 fully saturated rings. The van der Waals surface area contributed by atoms with Gasteiger partial charge in [0.25, 0.3) is 15.9 Å². The number of carbonyl (C=O) groups is 1. The molecule has 0 spiro atoms. The van der Waals surface area contributed by atoms with Crippen LogP contribution in [0.1, 0.15) is 73.2 Å². The zero-order valence-corrected chi connectivity index (χ0v) is 20.7. The van der Waals surface area contributed by atoms with Crippen molar-refractivity contribution < 1.29 is 29.9 Å². The maximum absolute atomic E-state index is 13.4. The van der Waals surface area contributed by atoms with E-state index >= 15 is 0 Å². The third kappa shape index (κ3) is 5.48. The van der Waals surface area contributed by atoms with Gasteiger partial charge in [-0.2, -0.15) is 8.42 Å². The highest BCUT2D eigenvalue weighted by Crippen LogP contribution is 2.33. The standard InChI is InChI=1S/C26H32N6O3S.5H2/c1-16(2)14-20-11-10-19(15-28-20)22-13-12-21(25(29-22)32-17(3)8-9-18(32)4)26(33)31-36(34,35)24-7-5-6-23(27)30-24;;;;;/h5-7,10-13,15-18H,8-9,14H2,1-4H3,(H2,27,30)(H,31,33);5*1H/t17-,18+;;;;;/i1D3,2D3,16D;;;;;. The number of sulfonamides is 1. The van der Waals surface area contributed by atoms with Crippen molar-refractivity contribution in [3.05, 3.63) is 59.9 Å². The number of hydrogen-bond donors (Lipinski definition) is 2. The van der Waals surface area contributed by atoms with Gasteiger partial charge in [0.1, 0.15) is 11.6 Å². The van der Waals surface area contributed by atoms with Crippen LogP contribution in [-0.4, -0.2) is 41.4 Å². The second-order valence-corrected chi connectivity index (χ2v) is 10.4. The van der Waals surface area contributed by atoms with E-state index in [2.05, 4.69) is 9.97 Å². The molecule has 0 aliphatic carbocycles. The summed E-state index contributed by atoms with van der Waals surface area (Å²) in [4.78, 5) is 28.0. The summed E-state index contributed by atoms with van der Waals surface area (Å²) < 4.78 is 81.9. The van der Waals surface area contributed by atoms with Gasteiger partial charge in [-0.1, -0.05) is 19.8 Å². The van der Waals surface area contributed by atoms with Crippen molar-refractivity contribution in [1.29, 1.82) is 0 Å². The van der Waals surface area contributed by atoms with Gasteiger partial charge >= 0.3 is 0 Å². The van der Waals surface area contributed by atoms with Crippen molar-refractivity contribution >= 4 is 27.6 Å². The van der Waals surface area contributed by atoms with E-state index < -0.39 is 47.0 Å². The Hall–Kier alpha value is -3.53. The Bertz CT molecular complexity index is 1600. The SMILES string of the molecule is [2H]C([2H])([2H])C([2H])(Cc1ccc(-c2ccc(C(=O)NS(=O)(=O)c3cccc(N)n3)c(N3[C@H](C)CC[C@@H]3C)n2)cn1)C([2H])([2H])[2H].[HH].[HH].[HH].[HH].[HH]. The number of nitrogens with one attached hydrogen (secondary N) is 1. The van der Waals surface area contributed by atoms with E-state index in [1.807, 2.05) is 23.5 Å². The number of rotatable bonds is 7. The number of nitrogens with two attached hydrogens (primary N) is 1. The van der Waals surface area contributed by atoms with Gasteiger partial charge in [-0.15, -0.1) is 0 Å². The molecule has 10 heteroatoms. The number of anilines is 2. The zero-order chi connectivity index (χ0) is 32.0. The molecule has 9 nitrogen and oxygen atoms in total. The first-order valence-corrected chi connectivity index (χ1v) is 12.9. The molecular formula is C26H42N6O3S. The Morgan fingerprint density at radius 2 is 1.94 bits per heavy atom. The van der Waals surface area contributed by atoms with Crippen LogP contribution in [0.2, 0.25) is 0 Å². The Balaban J connectivity index is 0. The van der Waals surface area contributed by atoms with Crippen LogP contribution in [0, 0.1) is 5.89 Å². The molecule has 1 aliphatic rings. The van der Waals surface area contributed by atoms with Crippen LogP contribution >= 0.6 is 0 Å². The lowest BCUT2D eigenvalue weighted by atomic mass is 10.1. The molecule has 2 atom stereocenters. The van der Waals surface area contributed by atoms with Crippen molar-refractivity contribution in [1.82, 2.24) is 19.7 Å². The molecule has 0 saturated carbocycles. The second-order valence-electron chi connectivity index (χ2n) is 8.78. The fourth-order valence-corrected chi connectivity index (χ4v) is 5.21. The summed E-state index contributed by atoms with van der Waals surface area (Å²) in [5.74, 6) is -3.41. The predicted octanol–water partition coefficient (Wildman–Crippen LogP) is 5.05. The smallest absolute Gasteiger partial charge is 0.281 e. The Morgan fingerprint density at radius 3 is 2.58 bits per heavy atom. The molecule has 1 amide bonds. The summed E-state index contributed by atoms with van der Waals surface area (Å²) in [5.41, 5.74) is 6.61. The molecule has 4 heterocycles. The summed E-state index contributed by atoms with van der Waals surface area (Å²) in [5, 5.41) is -0.408. The summed E-state index contributed by atoms with van der Waals surface area (Å²) in [6, 6.07) is 10.0. The number of pyridine rings is 3. The number of nitrogens with zero attached hydrogens (tertiary/aromatic N) is 4. The van der Waals surface area contributed by atoms with Gasteiger partial charge in [0.15, 0.2) is 5.03 Å². The molecule has 4 rings (SSSR count). The molecular weight excluding hydrogens is 476 g/mol. The first-order chi connectivity index (χ1) is 19.8. The van der Waals surface area contributed by atoms with Crippen molar-refractivity contribution in [3.63, 3.8) is 0 Å².